The molecule has 0 aliphatic carbocycles. The first-order chi connectivity index (χ1) is 7.65. The van der Waals surface area contributed by atoms with Crippen LogP contribution in [0.25, 0.3) is 0 Å². The van der Waals surface area contributed by atoms with Crippen LogP contribution in [0.15, 0.2) is 44.3 Å². The minimum absolute atomic E-state index is 0.775. The Morgan fingerprint density at radius 2 is 2.12 bits per heavy atom. The van der Waals surface area contributed by atoms with Crippen LogP contribution in [0.1, 0.15) is 11.3 Å². The molecule has 1 aromatic heterocycles. The van der Waals surface area contributed by atoms with E-state index >= 15 is 0 Å². The number of aryl methyl sites for hydroxylation is 1. The molecule has 2 aromatic rings. The summed E-state index contributed by atoms with van der Waals surface area (Å²) in [7, 11) is 0. The molecule has 0 amide bonds. The second kappa shape index (κ2) is 4.97. The maximum absolute atomic E-state index is 5.77. The first-order valence-electron chi connectivity index (χ1n) is 4.88. The van der Waals surface area contributed by atoms with Gasteiger partial charge in [-0.3, -0.25) is 0 Å². The first-order valence-corrected chi connectivity index (χ1v) is 6.66. The van der Waals surface area contributed by atoms with Crippen molar-refractivity contribution in [1.29, 1.82) is 0 Å². The fraction of sp³-hybridized carbons (Fsp3) is 0.167. The third-order valence-electron chi connectivity index (χ3n) is 2.25. The molecule has 0 saturated carbocycles. The van der Waals surface area contributed by atoms with Crippen molar-refractivity contribution in [2.24, 2.45) is 0 Å². The van der Waals surface area contributed by atoms with E-state index in [0.717, 1.165) is 27.4 Å². The standard InChI is InChI=1S/C12H12BrNOS/c1-8-6-10(3-4-11(8)14)16-7-9-2-5-12(13)15-9/h2-6H,7,14H2,1H3. The molecule has 84 valence electrons. The number of halogens is 1. The lowest BCUT2D eigenvalue weighted by atomic mass is 10.2. The van der Waals surface area contributed by atoms with Gasteiger partial charge in [-0.25, -0.2) is 0 Å². The second-order valence-corrected chi connectivity index (χ2v) is 5.34. The summed E-state index contributed by atoms with van der Waals surface area (Å²) in [5.74, 6) is 1.79. The van der Waals surface area contributed by atoms with E-state index in [0.29, 0.717) is 0 Å². The monoisotopic (exact) mass is 297 g/mol. The van der Waals surface area contributed by atoms with Gasteiger partial charge in [0, 0.05) is 10.6 Å². The molecule has 0 fully saturated rings. The Morgan fingerprint density at radius 3 is 2.75 bits per heavy atom. The van der Waals surface area contributed by atoms with Gasteiger partial charge in [-0.05, 0) is 58.7 Å². The normalized spacial score (nSPS) is 10.6. The molecule has 4 heteroatoms. The molecule has 1 aromatic carbocycles. The molecule has 0 unspecified atom stereocenters. The zero-order valence-corrected chi connectivity index (χ0v) is 11.3. The van der Waals surface area contributed by atoms with Crippen LogP contribution in [0.2, 0.25) is 0 Å². The summed E-state index contributed by atoms with van der Waals surface area (Å²) in [6.45, 7) is 2.02. The molecule has 0 atom stereocenters. The van der Waals surface area contributed by atoms with Crippen LogP contribution in [0.3, 0.4) is 0 Å². The summed E-state index contributed by atoms with van der Waals surface area (Å²) in [6.07, 6.45) is 0. The van der Waals surface area contributed by atoms with Crippen LogP contribution < -0.4 is 5.73 Å². The minimum Gasteiger partial charge on any atom is -0.453 e. The fourth-order valence-electron chi connectivity index (χ4n) is 1.32. The fourth-order valence-corrected chi connectivity index (χ4v) is 2.55. The van der Waals surface area contributed by atoms with E-state index in [1.165, 1.54) is 4.90 Å². The van der Waals surface area contributed by atoms with Crippen molar-refractivity contribution >= 4 is 33.4 Å². The van der Waals surface area contributed by atoms with Crippen molar-refractivity contribution in [2.45, 2.75) is 17.6 Å². The molecule has 1 heterocycles. The highest BCUT2D eigenvalue weighted by molar-refractivity contribution is 9.10. The van der Waals surface area contributed by atoms with Crippen molar-refractivity contribution in [2.75, 3.05) is 5.73 Å². The Kier molecular flexibility index (Phi) is 3.61. The molecule has 0 aliphatic heterocycles. The average molecular weight is 298 g/mol. The van der Waals surface area contributed by atoms with Gasteiger partial charge >= 0.3 is 0 Å². The number of rotatable bonds is 3. The number of hydrogen-bond donors (Lipinski definition) is 1. The van der Waals surface area contributed by atoms with Gasteiger partial charge in [0.15, 0.2) is 4.67 Å². The van der Waals surface area contributed by atoms with Crippen molar-refractivity contribution in [3.8, 4) is 0 Å². The van der Waals surface area contributed by atoms with E-state index < -0.39 is 0 Å². The van der Waals surface area contributed by atoms with Crippen LogP contribution in [0, 0.1) is 6.92 Å². The Bertz CT molecular complexity index is 496. The maximum atomic E-state index is 5.77. The maximum Gasteiger partial charge on any atom is 0.169 e. The van der Waals surface area contributed by atoms with Gasteiger partial charge in [-0.15, -0.1) is 11.8 Å². The number of hydrogen-bond acceptors (Lipinski definition) is 3. The number of thioether (sulfide) groups is 1. The van der Waals surface area contributed by atoms with Gasteiger partial charge in [0.2, 0.25) is 0 Å². The van der Waals surface area contributed by atoms with E-state index in [-0.39, 0.29) is 0 Å². The van der Waals surface area contributed by atoms with E-state index in [4.69, 9.17) is 10.2 Å². The third kappa shape index (κ3) is 2.83. The van der Waals surface area contributed by atoms with E-state index in [1.54, 1.807) is 11.8 Å². The lowest BCUT2D eigenvalue weighted by Gasteiger charge is -2.03. The van der Waals surface area contributed by atoms with Crippen molar-refractivity contribution in [3.05, 3.63) is 46.3 Å². The highest BCUT2D eigenvalue weighted by Crippen LogP contribution is 2.27. The quantitative estimate of drug-likeness (QED) is 0.681. The molecule has 0 radical (unpaired) electrons. The van der Waals surface area contributed by atoms with Crippen molar-refractivity contribution in [3.63, 3.8) is 0 Å². The number of anilines is 1. The molecule has 16 heavy (non-hydrogen) atoms. The molecule has 0 bridgehead atoms. The summed E-state index contributed by atoms with van der Waals surface area (Å²) in [6, 6.07) is 9.95. The van der Waals surface area contributed by atoms with Crippen LogP contribution >= 0.6 is 27.7 Å². The Hall–Kier alpha value is -0.870. The van der Waals surface area contributed by atoms with Gasteiger partial charge in [0.25, 0.3) is 0 Å². The predicted molar refractivity (Wildman–Crippen MR) is 71.6 cm³/mol. The summed E-state index contributed by atoms with van der Waals surface area (Å²) >= 11 is 5.03. The second-order valence-electron chi connectivity index (χ2n) is 3.51. The summed E-state index contributed by atoms with van der Waals surface area (Å²) < 4.78 is 6.20. The molecule has 0 spiro atoms. The van der Waals surface area contributed by atoms with Gasteiger partial charge in [0.1, 0.15) is 5.76 Å². The van der Waals surface area contributed by atoms with Crippen LogP contribution in [-0.2, 0) is 5.75 Å². The lowest BCUT2D eigenvalue weighted by Crippen LogP contribution is -1.88. The van der Waals surface area contributed by atoms with Gasteiger partial charge in [-0.1, -0.05) is 0 Å². The Labute approximate surface area is 107 Å². The highest BCUT2D eigenvalue weighted by Gasteiger charge is 2.02. The van der Waals surface area contributed by atoms with Crippen LogP contribution in [-0.4, -0.2) is 0 Å². The van der Waals surface area contributed by atoms with E-state index in [2.05, 4.69) is 22.0 Å². The molecule has 0 saturated heterocycles. The van der Waals surface area contributed by atoms with E-state index in [1.807, 2.05) is 31.2 Å². The lowest BCUT2D eigenvalue weighted by molar-refractivity contribution is 0.507. The third-order valence-corrected chi connectivity index (χ3v) is 3.69. The predicted octanol–water partition coefficient (Wildman–Crippen LogP) is 4.23. The molecule has 2 nitrogen and oxygen atoms in total. The smallest absolute Gasteiger partial charge is 0.169 e. The van der Waals surface area contributed by atoms with E-state index in [9.17, 15) is 0 Å². The van der Waals surface area contributed by atoms with Gasteiger partial charge < -0.3 is 10.2 Å². The van der Waals surface area contributed by atoms with Gasteiger partial charge in [-0.2, -0.15) is 0 Å². The van der Waals surface area contributed by atoms with Crippen molar-refractivity contribution < 1.29 is 4.42 Å². The summed E-state index contributed by atoms with van der Waals surface area (Å²) in [5.41, 5.74) is 7.72. The molecule has 2 N–H and O–H groups in total. The highest BCUT2D eigenvalue weighted by atomic mass is 79.9. The van der Waals surface area contributed by atoms with Crippen LogP contribution in [0.5, 0.6) is 0 Å². The molecule has 2 rings (SSSR count). The minimum atomic E-state index is 0.775. The largest absolute Gasteiger partial charge is 0.453 e. The number of nitrogen functional groups attached to an aromatic ring is 1. The topological polar surface area (TPSA) is 39.2 Å². The Morgan fingerprint density at radius 1 is 1.31 bits per heavy atom. The number of nitrogens with two attached hydrogens (primary N) is 1. The Balaban J connectivity index is 2.02. The summed E-state index contributed by atoms with van der Waals surface area (Å²) in [4.78, 5) is 1.21. The number of benzene rings is 1. The average Bonchev–Trinajstić information content (AvgIpc) is 2.66. The SMILES string of the molecule is Cc1cc(SCc2ccc(Br)o2)ccc1N. The van der Waals surface area contributed by atoms with Crippen molar-refractivity contribution in [1.82, 2.24) is 0 Å². The number of furan rings is 1. The zero-order valence-electron chi connectivity index (χ0n) is 8.87. The zero-order chi connectivity index (χ0) is 11.5. The van der Waals surface area contributed by atoms with Crippen LogP contribution in [0.4, 0.5) is 5.69 Å². The molecule has 0 aliphatic rings. The first kappa shape index (κ1) is 11.6. The molecular formula is C12H12BrNOS. The molecular weight excluding hydrogens is 286 g/mol. The van der Waals surface area contributed by atoms with Gasteiger partial charge in [0.05, 0.1) is 5.75 Å². The summed E-state index contributed by atoms with van der Waals surface area (Å²) in [5, 5.41) is 0.